The lowest BCUT2D eigenvalue weighted by atomic mass is 9.72. The third-order valence-corrected chi connectivity index (χ3v) is 17.3. The van der Waals surface area contributed by atoms with Crippen molar-refractivity contribution in [2.24, 2.45) is 40.9 Å². The van der Waals surface area contributed by atoms with Crippen molar-refractivity contribution in [1.82, 2.24) is 5.32 Å². The van der Waals surface area contributed by atoms with E-state index in [0.29, 0.717) is 64.2 Å². The number of aliphatic hydroxyl groups is 2. The Labute approximate surface area is 379 Å². The second-order valence-electron chi connectivity index (χ2n) is 20.4. The van der Waals surface area contributed by atoms with Crippen molar-refractivity contribution in [3.63, 3.8) is 0 Å². The molecule has 1 aliphatic carbocycles. The Kier molecular flexibility index (Phi) is 15.0. The zero-order valence-electron chi connectivity index (χ0n) is 38.6. The largest absolute Gasteiger partial charge is 0.481 e. The van der Waals surface area contributed by atoms with E-state index < -0.39 is 100 Å². The zero-order valence-corrected chi connectivity index (χ0v) is 40.1. The first-order valence-corrected chi connectivity index (χ1v) is 24.5. The van der Waals surface area contributed by atoms with Gasteiger partial charge in [-0.15, -0.1) is 23.2 Å². The monoisotopic (exact) mass is 915 g/mol. The van der Waals surface area contributed by atoms with Crippen LogP contribution in [0.2, 0.25) is 0 Å². The maximum absolute atomic E-state index is 14.8. The number of carbonyl (C=O) groups is 3. The minimum absolute atomic E-state index is 0.0234. The Hall–Kier alpha value is -1.55. The number of nitrogens with one attached hydrogen (secondary N) is 1. The smallest absolute Gasteiger partial charge is 0.408 e. The molecule has 6 aliphatic rings. The number of hydrogen-bond donors (Lipinski definition) is 4. The molecule has 0 aromatic carbocycles. The average molecular weight is 917 g/mol. The normalized spacial score (nSPS) is 44.9. The summed E-state index contributed by atoms with van der Waals surface area (Å²) in [7, 11) is 0. The van der Waals surface area contributed by atoms with Crippen LogP contribution in [0.15, 0.2) is 12.2 Å². The number of halogens is 2. The molecule has 5 heterocycles. The van der Waals surface area contributed by atoms with Crippen LogP contribution in [0.3, 0.4) is 0 Å². The van der Waals surface area contributed by atoms with Crippen molar-refractivity contribution in [2.75, 3.05) is 11.8 Å². The van der Waals surface area contributed by atoms with Gasteiger partial charge >= 0.3 is 12.1 Å². The van der Waals surface area contributed by atoms with Crippen molar-refractivity contribution < 1.29 is 58.1 Å². The van der Waals surface area contributed by atoms with Gasteiger partial charge in [0.2, 0.25) is 0 Å². The second-order valence-corrected chi connectivity index (χ2v) is 21.1. The highest BCUT2D eigenvalue weighted by Crippen LogP contribution is 2.68. The Morgan fingerprint density at radius 3 is 2.19 bits per heavy atom. The number of carbonyl (C=O) groups excluding carboxylic acids is 2. The highest BCUT2D eigenvalue weighted by molar-refractivity contribution is 6.21. The standard InChI is InChI=1S/C47H75Cl2NO12/c1-11-32(40(53)54)34-15-14-27(5)45(59-34)25-42(45,9)39(52)29(7)37(51)33(12-2)38-26(4)22-28(6)46(60-38)19-16-35(50-41(55)58-31(23-48)24-49)47(62-46)21-20-43(10,61-47)36-17-18-44(56,13-3)30(8)57-36/h16,19,26-36,38-39,52,56H,11-15,17-18,20-25H2,1-10H3,(H,50,55)(H,53,54)/t26-,27-,28+,29+,30-,32+,33-,34+,35+,36+,38-,39+,42?,43-,44+,45+,46-,47-/m0/s1. The predicted molar refractivity (Wildman–Crippen MR) is 234 cm³/mol. The van der Waals surface area contributed by atoms with Crippen molar-refractivity contribution in [2.45, 2.75) is 211 Å². The van der Waals surface area contributed by atoms with Crippen LogP contribution in [0.25, 0.3) is 0 Å². The minimum atomic E-state index is -1.43. The lowest BCUT2D eigenvalue weighted by Crippen LogP contribution is -2.66. The number of aliphatic hydroxyl groups excluding tert-OH is 1. The van der Waals surface area contributed by atoms with E-state index >= 15 is 0 Å². The molecule has 13 nitrogen and oxygen atoms in total. The molecule has 5 fully saturated rings. The number of aliphatic carboxylic acids is 1. The lowest BCUT2D eigenvalue weighted by Gasteiger charge is -2.55. The van der Waals surface area contributed by atoms with Crippen molar-refractivity contribution in [3.8, 4) is 0 Å². The number of hydrogen-bond acceptors (Lipinski definition) is 11. The number of Topliss-reactive ketones (excluding diaryl/α,β-unsaturated/α-hetero) is 1. The fourth-order valence-electron chi connectivity index (χ4n) is 12.2. The molecular formula is C47H75Cl2NO12. The topological polar surface area (TPSA) is 179 Å². The Bertz CT molecular complexity index is 1670. The van der Waals surface area contributed by atoms with Gasteiger partial charge in [0.15, 0.2) is 11.6 Å². The van der Waals surface area contributed by atoms with Crippen molar-refractivity contribution in [3.05, 3.63) is 12.2 Å². The van der Waals surface area contributed by atoms with E-state index in [-0.39, 0.29) is 41.4 Å². The van der Waals surface area contributed by atoms with Gasteiger partial charge in [-0.25, -0.2) is 4.79 Å². The lowest BCUT2D eigenvalue weighted by molar-refractivity contribution is -0.398. The first-order chi connectivity index (χ1) is 29.1. The van der Waals surface area contributed by atoms with Crippen LogP contribution in [0, 0.1) is 40.9 Å². The number of rotatable bonds is 15. The third kappa shape index (κ3) is 8.75. The SMILES string of the molecule is CC[C@@H](C(=O)[C@@H](C)[C@@H](O)C1(C)C[C@]12O[C@@H]([C@@H](CC)C(=O)O)CC[C@@H]2C)[C@H]1O[C@]2(C=C[C@@H](NC(=O)OC(CCl)CCl)[C@]3(CC[C@@](C)([C@H]4CC[C@](O)(CC)[C@H](C)O4)O3)O2)[C@H](C)C[C@@H]1C. The van der Waals surface area contributed by atoms with Crippen LogP contribution in [0.4, 0.5) is 4.79 Å². The maximum atomic E-state index is 14.8. The van der Waals surface area contributed by atoms with E-state index in [4.69, 9.17) is 51.6 Å². The molecule has 1 unspecified atom stereocenters. The number of amides is 1. The molecule has 5 aliphatic heterocycles. The van der Waals surface area contributed by atoms with Crippen LogP contribution in [0.5, 0.6) is 0 Å². The van der Waals surface area contributed by atoms with Gasteiger partial charge in [0.1, 0.15) is 17.9 Å². The number of carboxylic acid groups (broad SMARTS) is 1. The van der Waals surface area contributed by atoms with Crippen molar-refractivity contribution >= 4 is 41.0 Å². The minimum Gasteiger partial charge on any atom is -0.481 e. The summed E-state index contributed by atoms with van der Waals surface area (Å²) in [4.78, 5) is 40.3. The summed E-state index contributed by atoms with van der Waals surface area (Å²) in [5, 5.41) is 36.3. The van der Waals surface area contributed by atoms with E-state index in [9.17, 15) is 29.7 Å². The van der Waals surface area contributed by atoms with Crippen LogP contribution >= 0.6 is 23.2 Å². The Morgan fingerprint density at radius 1 is 0.919 bits per heavy atom. The quantitative estimate of drug-likeness (QED) is 0.0923. The van der Waals surface area contributed by atoms with Gasteiger partial charge in [0.25, 0.3) is 0 Å². The van der Waals surface area contributed by atoms with Gasteiger partial charge in [0.05, 0.1) is 65.0 Å². The molecule has 4 saturated heterocycles. The summed E-state index contributed by atoms with van der Waals surface area (Å²) in [5.41, 5.74) is -3.23. The fourth-order valence-corrected chi connectivity index (χ4v) is 12.6. The molecule has 0 radical (unpaired) electrons. The van der Waals surface area contributed by atoms with Gasteiger partial charge in [-0.2, -0.15) is 0 Å². The number of ketones is 1. The summed E-state index contributed by atoms with van der Waals surface area (Å²) in [6.07, 6.45) is 5.51. The van der Waals surface area contributed by atoms with Gasteiger partial charge in [-0.1, -0.05) is 61.5 Å². The van der Waals surface area contributed by atoms with Gasteiger partial charge in [-0.3, -0.25) is 9.59 Å². The predicted octanol–water partition coefficient (Wildman–Crippen LogP) is 7.91. The number of alkyl halides is 2. The van der Waals surface area contributed by atoms with E-state index in [0.717, 1.165) is 6.42 Å². The molecule has 15 heteroatoms. The molecular weight excluding hydrogens is 841 g/mol. The van der Waals surface area contributed by atoms with Gasteiger partial charge in [-0.05, 0) is 96.0 Å². The molecule has 62 heavy (non-hydrogen) atoms. The zero-order chi connectivity index (χ0) is 45.8. The Balaban J connectivity index is 1.25. The fraction of sp³-hybridized carbons (Fsp3) is 0.894. The Morgan fingerprint density at radius 2 is 1.60 bits per heavy atom. The second kappa shape index (κ2) is 18.6. The molecule has 0 aromatic rings. The number of alkyl carbamates (subject to hydrolysis) is 1. The van der Waals surface area contributed by atoms with E-state index in [1.807, 2.05) is 53.7 Å². The molecule has 0 aromatic heterocycles. The first kappa shape index (κ1) is 49.9. The van der Waals surface area contributed by atoms with Crippen LogP contribution in [-0.4, -0.2) is 116 Å². The van der Waals surface area contributed by atoms with Gasteiger partial charge < -0.3 is 49.1 Å². The van der Waals surface area contributed by atoms with Gasteiger partial charge in [0, 0.05) is 29.6 Å². The molecule has 354 valence electrons. The molecule has 6 rings (SSSR count). The molecule has 3 spiro atoms. The first-order valence-electron chi connectivity index (χ1n) is 23.4. The molecule has 1 saturated carbocycles. The summed E-state index contributed by atoms with van der Waals surface area (Å²) in [6.45, 7) is 19.7. The molecule has 18 atom stereocenters. The van der Waals surface area contributed by atoms with Crippen LogP contribution < -0.4 is 5.32 Å². The summed E-state index contributed by atoms with van der Waals surface area (Å²) in [6, 6.07) is -0.812. The van der Waals surface area contributed by atoms with E-state index in [1.54, 1.807) is 6.92 Å². The third-order valence-electron chi connectivity index (χ3n) is 16.6. The highest BCUT2D eigenvalue weighted by Gasteiger charge is 2.74. The maximum Gasteiger partial charge on any atom is 0.408 e. The van der Waals surface area contributed by atoms with Crippen LogP contribution in [-0.2, 0) is 38.0 Å². The van der Waals surface area contributed by atoms with E-state index in [2.05, 4.69) is 26.1 Å². The molecule has 4 N–H and O–H groups in total. The number of carboxylic acids is 1. The average Bonchev–Trinajstić information content (AvgIpc) is 3.69. The molecule has 1 amide bonds. The summed E-state index contributed by atoms with van der Waals surface area (Å²) >= 11 is 12.0. The van der Waals surface area contributed by atoms with E-state index in [1.165, 1.54) is 0 Å². The van der Waals surface area contributed by atoms with Crippen molar-refractivity contribution in [1.29, 1.82) is 0 Å². The highest BCUT2D eigenvalue weighted by atomic mass is 35.5. The number of ether oxygens (including phenoxy) is 6. The molecule has 0 bridgehead atoms. The van der Waals surface area contributed by atoms with Crippen LogP contribution in [0.1, 0.15) is 140 Å². The summed E-state index contributed by atoms with van der Waals surface area (Å²) < 4.78 is 40.2. The summed E-state index contributed by atoms with van der Waals surface area (Å²) in [5.74, 6) is -5.83.